The summed E-state index contributed by atoms with van der Waals surface area (Å²) in [5, 5.41) is 23.1. The number of aryl methyl sites for hydroxylation is 1. The van der Waals surface area contributed by atoms with Crippen molar-refractivity contribution in [2.75, 3.05) is 25.1 Å². The Kier molecular flexibility index (Phi) is 6.48. The molecule has 0 aliphatic rings. The molecule has 0 saturated carbocycles. The number of aromatic nitrogens is 4. The lowest BCUT2D eigenvalue weighted by Gasteiger charge is -2.16. The molecule has 1 aromatic carbocycles. The van der Waals surface area contributed by atoms with Gasteiger partial charge in [0, 0.05) is 18.6 Å². The molecule has 0 spiro atoms. The van der Waals surface area contributed by atoms with Gasteiger partial charge in [-0.05, 0) is 18.2 Å². The predicted octanol–water partition coefficient (Wildman–Crippen LogP) is 0.574. The van der Waals surface area contributed by atoms with Crippen molar-refractivity contribution in [1.29, 1.82) is 0 Å². The third kappa shape index (κ3) is 4.56. The molecule has 3 aromatic rings. The van der Waals surface area contributed by atoms with Crippen molar-refractivity contribution in [3.05, 3.63) is 49.1 Å². The lowest BCUT2D eigenvalue weighted by atomic mass is 10.3. The molecule has 0 aliphatic carbocycles. The monoisotopic (exact) mass is 443 g/mol. The zero-order valence-electron chi connectivity index (χ0n) is 15.4. The number of rotatable bonds is 8. The predicted molar refractivity (Wildman–Crippen MR) is 109 cm³/mol. The van der Waals surface area contributed by atoms with Crippen LogP contribution in [-0.4, -0.2) is 55.2 Å². The summed E-state index contributed by atoms with van der Waals surface area (Å²) >= 11 is 11.9. The summed E-state index contributed by atoms with van der Waals surface area (Å²) in [5.41, 5.74) is -0.993. The molecule has 4 N–H and O–H groups in total. The van der Waals surface area contributed by atoms with Gasteiger partial charge in [0.1, 0.15) is 18.5 Å². The number of halogens is 2. The van der Waals surface area contributed by atoms with Crippen molar-refractivity contribution < 1.29 is 14.9 Å². The largest absolute Gasteiger partial charge is 0.489 e. The van der Waals surface area contributed by atoms with Crippen molar-refractivity contribution in [2.24, 2.45) is 7.05 Å². The van der Waals surface area contributed by atoms with E-state index in [9.17, 15) is 14.7 Å². The number of aromatic amines is 1. The van der Waals surface area contributed by atoms with Crippen LogP contribution in [0.25, 0.3) is 11.2 Å². The van der Waals surface area contributed by atoms with E-state index in [-0.39, 0.29) is 43.4 Å². The average Bonchev–Trinajstić information content (AvgIpc) is 3.02. The summed E-state index contributed by atoms with van der Waals surface area (Å²) in [5.74, 6) is 0.578. The topological polar surface area (TPSA) is 134 Å². The maximum absolute atomic E-state index is 12.3. The quantitative estimate of drug-likeness (QED) is 0.399. The molecule has 12 heteroatoms. The molecule has 2 heterocycles. The van der Waals surface area contributed by atoms with Crippen LogP contribution < -0.4 is 21.3 Å². The molecule has 10 nitrogen and oxygen atoms in total. The second-order valence-electron chi connectivity index (χ2n) is 6.23. The van der Waals surface area contributed by atoms with Gasteiger partial charge in [0.15, 0.2) is 11.2 Å². The summed E-state index contributed by atoms with van der Waals surface area (Å²) in [4.78, 5) is 30.6. The first kappa shape index (κ1) is 21.2. The first-order valence-corrected chi connectivity index (χ1v) is 9.37. The Bertz CT molecular complexity index is 1140. The zero-order valence-corrected chi connectivity index (χ0v) is 16.9. The van der Waals surface area contributed by atoms with Gasteiger partial charge in [-0.2, -0.15) is 4.98 Å². The summed E-state index contributed by atoms with van der Waals surface area (Å²) in [6, 6.07) is 4.71. The van der Waals surface area contributed by atoms with Crippen LogP contribution in [0.4, 0.5) is 5.95 Å². The van der Waals surface area contributed by atoms with E-state index < -0.39 is 17.4 Å². The SMILES string of the molecule is Cn1c(=O)[nH]c(=O)c2c1nc(NCCO)n2C[C@@H](O)COc1ccc(Cl)cc1Cl. The van der Waals surface area contributed by atoms with Crippen LogP contribution in [-0.2, 0) is 13.6 Å². The van der Waals surface area contributed by atoms with E-state index in [2.05, 4.69) is 15.3 Å². The van der Waals surface area contributed by atoms with Gasteiger partial charge in [-0.25, -0.2) is 4.79 Å². The second kappa shape index (κ2) is 8.87. The van der Waals surface area contributed by atoms with Gasteiger partial charge in [-0.15, -0.1) is 0 Å². The van der Waals surface area contributed by atoms with Crippen molar-refractivity contribution in [2.45, 2.75) is 12.6 Å². The maximum atomic E-state index is 12.3. The first-order valence-electron chi connectivity index (χ1n) is 8.62. The van der Waals surface area contributed by atoms with Crippen LogP contribution in [0.3, 0.4) is 0 Å². The summed E-state index contributed by atoms with van der Waals surface area (Å²) in [7, 11) is 1.47. The minimum atomic E-state index is -1.04. The summed E-state index contributed by atoms with van der Waals surface area (Å²) in [6.45, 7) is -0.178. The molecular weight excluding hydrogens is 425 g/mol. The fraction of sp³-hybridized carbons (Fsp3) is 0.353. The van der Waals surface area contributed by atoms with E-state index in [0.717, 1.165) is 0 Å². The molecular formula is C17H19Cl2N5O5. The molecule has 0 bridgehead atoms. The minimum absolute atomic E-state index is 0.0588. The third-order valence-electron chi connectivity index (χ3n) is 4.12. The van der Waals surface area contributed by atoms with Crippen LogP contribution >= 0.6 is 23.2 Å². The lowest BCUT2D eigenvalue weighted by Crippen LogP contribution is -2.31. The third-order valence-corrected chi connectivity index (χ3v) is 4.65. The van der Waals surface area contributed by atoms with Crippen molar-refractivity contribution in [3.63, 3.8) is 0 Å². The van der Waals surface area contributed by atoms with Gasteiger partial charge < -0.3 is 24.8 Å². The van der Waals surface area contributed by atoms with Crippen LogP contribution in [0.15, 0.2) is 27.8 Å². The number of nitrogens with zero attached hydrogens (tertiary/aromatic N) is 3. The number of ether oxygens (including phenoxy) is 1. The summed E-state index contributed by atoms with van der Waals surface area (Å²) < 4.78 is 8.15. The minimum Gasteiger partial charge on any atom is -0.489 e. The number of fused-ring (bicyclic) bond motifs is 1. The highest BCUT2D eigenvalue weighted by Gasteiger charge is 2.20. The molecule has 0 saturated heterocycles. The highest BCUT2D eigenvalue weighted by Crippen LogP contribution is 2.27. The molecule has 0 aliphatic heterocycles. The van der Waals surface area contributed by atoms with Crippen LogP contribution in [0, 0.1) is 0 Å². The van der Waals surface area contributed by atoms with Crippen molar-refractivity contribution in [1.82, 2.24) is 19.1 Å². The highest BCUT2D eigenvalue weighted by atomic mass is 35.5. The number of imidazole rings is 1. The number of aliphatic hydroxyl groups excluding tert-OH is 2. The number of nitrogens with one attached hydrogen (secondary N) is 2. The van der Waals surface area contributed by atoms with Gasteiger partial charge in [0.2, 0.25) is 5.95 Å². The van der Waals surface area contributed by atoms with E-state index in [1.807, 2.05) is 0 Å². The van der Waals surface area contributed by atoms with Crippen LogP contribution in [0.5, 0.6) is 5.75 Å². The van der Waals surface area contributed by atoms with E-state index in [1.54, 1.807) is 12.1 Å². The lowest BCUT2D eigenvalue weighted by molar-refractivity contribution is 0.0938. The molecule has 0 unspecified atom stereocenters. The smallest absolute Gasteiger partial charge is 0.329 e. The molecule has 2 aromatic heterocycles. The van der Waals surface area contributed by atoms with Gasteiger partial charge >= 0.3 is 5.69 Å². The van der Waals surface area contributed by atoms with E-state index in [4.69, 9.17) is 33.0 Å². The number of benzene rings is 1. The number of aliphatic hydroxyl groups is 2. The Morgan fingerprint density at radius 1 is 1.34 bits per heavy atom. The van der Waals surface area contributed by atoms with Crippen molar-refractivity contribution >= 4 is 40.3 Å². The first-order chi connectivity index (χ1) is 13.8. The number of hydrogen-bond donors (Lipinski definition) is 4. The Hall–Kier alpha value is -2.53. The van der Waals surface area contributed by atoms with E-state index in [1.165, 1.54) is 22.2 Å². The molecule has 156 valence electrons. The maximum Gasteiger partial charge on any atom is 0.329 e. The standard InChI is InChI=1S/C17H19Cl2N5O5/c1-23-14-13(15(27)22-17(23)28)24(16(21-14)20-4-5-25)7-10(26)8-29-12-3-2-9(18)6-11(12)19/h2-3,6,10,25-26H,4-5,7-8H2,1H3,(H,20,21)(H,22,27,28)/t10-/m1/s1. The van der Waals surface area contributed by atoms with Gasteiger partial charge in [-0.3, -0.25) is 14.3 Å². The Morgan fingerprint density at radius 2 is 2.10 bits per heavy atom. The van der Waals surface area contributed by atoms with Gasteiger partial charge in [0.25, 0.3) is 5.56 Å². The highest BCUT2D eigenvalue weighted by molar-refractivity contribution is 6.35. The second-order valence-corrected chi connectivity index (χ2v) is 7.07. The average molecular weight is 444 g/mol. The fourth-order valence-corrected chi connectivity index (χ4v) is 3.22. The van der Waals surface area contributed by atoms with Crippen LogP contribution in [0.1, 0.15) is 0 Å². The number of anilines is 1. The summed E-state index contributed by atoms with van der Waals surface area (Å²) in [6.07, 6.45) is -1.04. The van der Waals surface area contributed by atoms with Crippen LogP contribution in [0.2, 0.25) is 10.0 Å². The van der Waals surface area contributed by atoms with Gasteiger partial charge in [-0.1, -0.05) is 23.2 Å². The number of H-pyrrole nitrogens is 1. The number of hydrogen-bond acceptors (Lipinski definition) is 7. The van der Waals surface area contributed by atoms with E-state index >= 15 is 0 Å². The zero-order chi connectivity index (χ0) is 21.1. The Labute approximate surface area is 174 Å². The molecule has 0 fully saturated rings. The van der Waals surface area contributed by atoms with Gasteiger partial charge in [0.05, 0.1) is 18.2 Å². The molecule has 0 amide bonds. The fourth-order valence-electron chi connectivity index (χ4n) is 2.76. The molecule has 29 heavy (non-hydrogen) atoms. The molecule has 3 rings (SSSR count). The molecule has 1 atom stereocenters. The van der Waals surface area contributed by atoms with E-state index in [0.29, 0.717) is 15.8 Å². The molecule has 0 radical (unpaired) electrons. The Balaban J connectivity index is 1.88. The Morgan fingerprint density at radius 3 is 2.79 bits per heavy atom. The van der Waals surface area contributed by atoms with Crippen molar-refractivity contribution in [3.8, 4) is 5.75 Å². The normalized spacial score (nSPS) is 12.3.